The fourth-order valence-corrected chi connectivity index (χ4v) is 4.91. The summed E-state index contributed by atoms with van der Waals surface area (Å²) in [4.78, 5) is 31.6. The van der Waals surface area contributed by atoms with Gasteiger partial charge in [0.25, 0.3) is 0 Å². The van der Waals surface area contributed by atoms with E-state index in [-0.39, 0.29) is 35.5 Å². The van der Waals surface area contributed by atoms with Gasteiger partial charge in [-0.15, -0.1) is 0 Å². The van der Waals surface area contributed by atoms with Gasteiger partial charge < -0.3 is 15.4 Å². The van der Waals surface area contributed by atoms with Crippen LogP contribution in [0.3, 0.4) is 0 Å². The Morgan fingerprint density at radius 1 is 1.17 bits per heavy atom. The lowest BCUT2D eigenvalue weighted by Gasteiger charge is -2.18. The van der Waals surface area contributed by atoms with Crippen molar-refractivity contribution >= 4 is 17.8 Å². The van der Waals surface area contributed by atoms with E-state index in [4.69, 9.17) is 4.74 Å². The van der Waals surface area contributed by atoms with Crippen LogP contribution in [0.2, 0.25) is 0 Å². The Bertz CT molecular complexity index is 836. The summed E-state index contributed by atoms with van der Waals surface area (Å²) >= 11 is 0. The van der Waals surface area contributed by atoms with Crippen LogP contribution in [0, 0.1) is 23.7 Å². The third kappa shape index (κ3) is 3.93. The van der Waals surface area contributed by atoms with Gasteiger partial charge in [0.05, 0.1) is 25.5 Å². The summed E-state index contributed by atoms with van der Waals surface area (Å²) in [5.41, 5.74) is 1.06. The van der Waals surface area contributed by atoms with Crippen molar-refractivity contribution in [2.45, 2.75) is 26.3 Å². The maximum atomic E-state index is 12.7. The second-order valence-electron chi connectivity index (χ2n) is 8.16. The summed E-state index contributed by atoms with van der Waals surface area (Å²) in [6.07, 6.45) is 5.92. The highest BCUT2D eigenvalue weighted by molar-refractivity contribution is 6.06. The van der Waals surface area contributed by atoms with Gasteiger partial charge in [0, 0.05) is 19.6 Å². The van der Waals surface area contributed by atoms with Gasteiger partial charge in [-0.3, -0.25) is 14.5 Å². The molecule has 1 aromatic carbocycles. The molecule has 1 aromatic rings. The van der Waals surface area contributed by atoms with Gasteiger partial charge in [-0.05, 0) is 49.3 Å². The van der Waals surface area contributed by atoms with Crippen LogP contribution in [0.4, 0.5) is 0 Å². The van der Waals surface area contributed by atoms with Crippen molar-refractivity contribution in [3.63, 3.8) is 0 Å². The average Bonchev–Trinajstić information content (AvgIpc) is 3.44. The standard InChI is InChI=1S/C23H30N4O3/c1-3-24-23(26-14-15-6-4-7-18(12-15)30-2)25-10-5-11-27-21(28)19-16-8-9-17(13-16)20(19)22(27)29/h4,6-9,12,16-17,19-20H,3,5,10-11,13-14H2,1-2H3,(H2,24,25,26). The van der Waals surface area contributed by atoms with E-state index in [9.17, 15) is 9.59 Å². The molecule has 1 heterocycles. The number of fused-ring (bicyclic) bond motifs is 5. The molecule has 2 amide bonds. The first-order chi connectivity index (χ1) is 14.6. The van der Waals surface area contributed by atoms with E-state index in [1.807, 2.05) is 31.2 Å². The number of methoxy groups -OCH3 is 1. The van der Waals surface area contributed by atoms with Crippen molar-refractivity contribution in [2.75, 3.05) is 26.7 Å². The molecule has 1 saturated heterocycles. The first kappa shape index (κ1) is 20.4. The van der Waals surface area contributed by atoms with Gasteiger partial charge in [0.1, 0.15) is 5.75 Å². The molecule has 0 aromatic heterocycles. The number of ether oxygens (including phenoxy) is 1. The molecule has 2 N–H and O–H groups in total. The largest absolute Gasteiger partial charge is 0.497 e. The summed E-state index contributed by atoms with van der Waals surface area (Å²) in [7, 11) is 1.65. The van der Waals surface area contributed by atoms with E-state index in [2.05, 4.69) is 27.8 Å². The first-order valence-corrected chi connectivity index (χ1v) is 10.8. The SMILES string of the molecule is CCNC(=NCc1cccc(OC)c1)NCCCN1C(=O)C2C3C=CC(C3)C2C1=O. The van der Waals surface area contributed by atoms with Crippen LogP contribution in [0.15, 0.2) is 41.4 Å². The number of guanidine groups is 1. The number of carbonyl (C=O) groups is 2. The molecule has 1 saturated carbocycles. The number of benzene rings is 1. The smallest absolute Gasteiger partial charge is 0.233 e. The molecule has 2 bridgehead atoms. The second-order valence-corrected chi connectivity index (χ2v) is 8.16. The maximum absolute atomic E-state index is 12.7. The van der Waals surface area contributed by atoms with Gasteiger partial charge in [0.15, 0.2) is 5.96 Å². The highest BCUT2D eigenvalue weighted by Crippen LogP contribution is 2.52. The molecule has 4 rings (SSSR count). The van der Waals surface area contributed by atoms with E-state index in [0.29, 0.717) is 26.1 Å². The molecular weight excluding hydrogens is 380 g/mol. The first-order valence-electron chi connectivity index (χ1n) is 10.8. The molecular formula is C23H30N4O3. The minimum atomic E-state index is -0.109. The molecule has 30 heavy (non-hydrogen) atoms. The summed E-state index contributed by atoms with van der Waals surface area (Å²) in [5.74, 6) is 1.91. The van der Waals surface area contributed by atoms with Crippen LogP contribution in [-0.4, -0.2) is 49.4 Å². The predicted octanol–water partition coefficient (Wildman–Crippen LogP) is 1.95. The Morgan fingerprint density at radius 3 is 2.57 bits per heavy atom. The number of nitrogens with one attached hydrogen (secondary N) is 2. The van der Waals surface area contributed by atoms with Gasteiger partial charge in [-0.25, -0.2) is 4.99 Å². The zero-order valence-corrected chi connectivity index (χ0v) is 17.6. The third-order valence-electron chi connectivity index (χ3n) is 6.31. The summed E-state index contributed by atoms with van der Waals surface area (Å²) in [6.45, 7) is 4.42. The van der Waals surface area contributed by atoms with Crippen molar-refractivity contribution in [1.82, 2.24) is 15.5 Å². The number of rotatable bonds is 8. The number of allylic oxidation sites excluding steroid dienone is 2. The molecule has 2 fully saturated rings. The van der Waals surface area contributed by atoms with Crippen molar-refractivity contribution < 1.29 is 14.3 Å². The monoisotopic (exact) mass is 410 g/mol. The van der Waals surface area contributed by atoms with Gasteiger partial charge >= 0.3 is 0 Å². The highest BCUT2D eigenvalue weighted by atomic mass is 16.5. The molecule has 160 valence electrons. The zero-order chi connectivity index (χ0) is 21.1. The summed E-state index contributed by atoms with van der Waals surface area (Å²) < 4.78 is 5.26. The molecule has 4 unspecified atom stereocenters. The zero-order valence-electron chi connectivity index (χ0n) is 17.6. The molecule has 7 nitrogen and oxygen atoms in total. The van der Waals surface area contributed by atoms with Gasteiger partial charge in [0.2, 0.25) is 11.8 Å². The topological polar surface area (TPSA) is 83.0 Å². The quantitative estimate of drug-likeness (QED) is 0.225. The second kappa shape index (κ2) is 8.90. The molecule has 0 radical (unpaired) electrons. The Kier molecular flexibility index (Phi) is 6.06. The summed E-state index contributed by atoms with van der Waals surface area (Å²) in [6, 6.07) is 7.84. The van der Waals surface area contributed by atoms with Gasteiger partial charge in [-0.2, -0.15) is 0 Å². The number of amides is 2. The average molecular weight is 411 g/mol. The van der Waals surface area contributed by atoms with Crippen LogP contribution in [0.5, 0.6) is 5.75 Å². The molecule has 4 atom stereocenters. The molecule has 7 heteroatoms. The van der Waals surface area contributed by atoms with Crippen LogP contribution in [0.25, 0.3) is 0 Å². The Balaban J connectivity index is 1.27. The summed E-state index contributed by atoms with van der Waals surface area (Å²) in [5, 5.41) is 6.53. The van der Waals surface area contributed by atoms with Crippen molar-refractivity contribution in [1.29, 1.82) is 0 Å². The van der Waals surface area contributed by atoms with E-state index in [1.165, 1.54) is 4.90 Å². The van der Waals surface area contributed by atoms with Crippen LogP contribution < -0.4 is 15.4 Å². The van der Waals surface area contributed by atoms with Crippen molar-refractivity contribution in [2.24, 2.45) is 28.7 Å². The number of imide groups is 1. The lowest BCUT2D eigenvalue weighted by atomic mass is 9.85. The van der Waals surface area contributed by atoms with E-state index in [1.54, 1.807) is 7.11 Å². The van der Waals surface area contributed by atoms with Crippen LogP contribution in [-0.2, 0) is 16.1 Å². The third-order valence-corrected chi connectivity index (χ3v) is 6.31. The Hall–Kier alpha value is -2.83. The fourth-order valence-electron chi connectivity index (χ4n) is 4.91. The van der Waals surface area contributed by atoms with Crippen LogP contribution in [0.1, 0.15) is 25.3 Å². The van der Waals surface area contributed by atoms with Crippen LogP contribution >= 0.6 is 0 Å². The van der Waals surface area contributed by atoms with Crippen molar-refractivity contribution in [3.05, 3.63) is 42.0 Å². The number of likely N-dealkylation sites (tertiary alicyclic amines) is 1. The van der Waals surface area contributed by atoms with Crippen molar-refractivity contribution in [3.8, 4) is 5.75 Å². The Morgan fingerprint density at radius 2 is 1.90 bits per heavy atom. The Labute approximate surface area is 177 Å². The molecule has 2 aliphatic carbocycles. The van der Waals surface area contributed by atoms with E-state index < -0.39 is 0 Å². The van der Waals surface area contributed by atoms with Gasteiger partial charge in [-0.1, -0.05) is 24.3 Å². The highest BCUT2D eigenvalue weighted by Gasteiger charge is 2.58. The lowest BCUT2D eigenvalue weighted by molar-refractivity contribution is -0.140. The predicted molar refractivity (Wildman–Crippen MR) is 115 cm³/mol. The minimum absolute atomic E-state index is 0.0282. The fraction of sp³-hybridized carbons (Fsp3) is 0.522. The number of nitrogens with zero attached hydrogens (tertiary/aromatic N) is 2. The van der Waals surface area contributed by atoms with E-state index in [0.717, 1.165) is 30.2 Å². The van der Waals surface area contributed by atoms with E-state index >= 15 is 0 Å². The number of carbonyl (C=O) groups excluding carboxylic acids is 2. The lowest BCUT2D eigenvalue weighted by Crippen LogP contribution is -2.40. The maximum Gasteiger partial charge on any atom is 0.233 e. The number of hydrogen-bond donors (Lipinski definition) is 2. The number of hydrogen-bond acceptors (Lipinski definition) is 4. The molecule has 3 aliphatic rings. The minimum Gasteiger partial charge on any atom is -0.497 e. The normalized spacial score (nSPS) is 27.0. The molecule has 0 spiro atoms. The number of aliphatic imine (C=N–C) groups is 1. The molecule has 1 aliphatic heterocycles.